The first-order valence-electron chi connectivity index (χ1n) is 13.1. The normalized spacial score (nSPS) is 22.1. The van der Waals surface area contributed by atoms with Gasteiger partial charge in [-0.3, -0.25) is 0 Å². The summed E-state index contributed by atoms with van der Waals surface area (Å²) in [4.78, 5) is 0. The summed E-state index contributed by atoms with van der Waals surface area (Å²) < 4.78 is 1.94. The molecule has 2 unspecified atom stereocenters. The molecule has 0 amide bonds. The number of allylic oxidation sites excluding steroid dienone is 2. The molecule has 168 valence electrons. The summed E-state index contributed by atoms with van der Waals surface area (Å²) in [6.07, 6.45) is 18.4. The second kappa shape index (κ2) is 11.9. The van der Waals surface area contributed by atoms with Crippen molar-refractivity contribution in [2.24, 2.45) is 0 Å². The van der Waals surface area contributed by atoms with Gasteiger partial charge in [0.15, 0.2) is 0 Å². The van der Waals surface area contributed by atoms with Crippen LogP contribution in [0, 0.1) is 0 Å². The molecule has 5 rings (SSSR count). The summed E-state index contributed by atoms with van der Waals surface area (Å²) in [7, 11) is 0.543. The number of benzene rings is 2. The predicted octanol–water partition coefficient (Wildman–Crippen LogP) is 8.65. The van der Waals surface area contributed by atoms with Crippen molar-refractivity contribution in [1.29, 1.82) is 0 Å². The minimum atomic E-state index is -0.591. The Hall–Kier alpha value is -0.980. The summed E-state index contributed by atoms with van der Waals surface area (Å²) in [5, 5.41) is 0. The van der Waals surface area contributed by atoms with Gasteiger partial charge in [0, 0.05) is 9.52 Å². The summed E-state index contributed by atoms with van der Waals surface area (Å²) in [5.41, 5.74) is 6.07. The first kappa shape index (κ1) is 24.2. The summed E-state index contributed by atoms with van der Waals surface area (Å²) >= 11 is -0.591. The van der Waals surface area contributed by atoms with E-state index in [9.17, 15) is 0 Å². The zero-order chi connectivity index (χ0) is 22.2. The van der Waals surface area contributed by atoms with Crippen LogP contribution >= 0.6 is 0 Å². The standard InChI is InChI=1S/C22H21.C4H10Si.C4H9.Zr/c1-2-7-20(21-14-12-16-8-3-5-10-18(16)21)22-15-13-17-9-4-6-11-19(17)22;1-2-4-5-3-1;1-3-4-2;/h3-6,8-15,21-22H,2,7H2,1H3;1-5H2;1,3-4H2,2H3;. The van der Waals surface area contributed by atoms with Gasteiger partial charge in [0.1, 0.15) is 0 Å². The molecule has 1 saturated heterocycles. The Morgan fingerprint density at radius 3 is 1.84 bits per heavy atom. The Bertz CT molecular complexity index is 855. The molecule has 3 aliphatic rings. The summed E-state index contributed by atoms with van der Waals surface area (Å²) in [6.45, 7) is 4.74. The summed E-state index contributed by atoms with van der Waals surface area (Å²) in [5.74, 6) is 1.19. The van der Waals surface area contributed by atoms with Crippen LogP contribution in [0.3, 0.4) is 0 Å². The SMILES string of the molecule is C1CC[SiH2]C1.CCC[CH2][Zr][C](CCC)(C1C=Cc2ccccc21)C1C=Cc2ccccc21. The fourth-order valence-electron chi connectivity index (χ4n) is 6.01. The first-order chi connectivity index (χ1) is 15.8. The number of unbranched alkanes of at least 4 members (excludes halogenated alkanes) is 1. The number of hydrogen-bond donors (Lipinski definition) is 0. The molecule has 0 aromatic heterocycles. The Balaban J connectivity index is 0.000000433. The molecule has 0 N–H and O–H groups in total. The molecule has 1 heterocycles. The molecule has 1 aliphatic heterocycles. The Labute approximate surface area is 210 Å². The molecule has 0 nitrogen and oxygen atoms in total. The zero-order valence-electron chi connectivity index (χ0n) is 20.2. The van der Waals surface area contributed by atoms with Gasteiger partial charge in [0.25, 0.3) is 0 Å². The number of rotatable bonds is 8. The number of hydrogen-bond acceptors (Lipinski definition) is 0. The van der Waals surface area contributed by atoms with Gasteiger partial charge < -0.3 is 0 Å². The quantitative estimate of drug-likeness (QED) is 0.242. The minimum absolute atomic E-state index is 0.444. The van der Waals surface area contributed by atoms with Crippen molar-refractivity contribution in [2.45, 2.75) is 83.5 Å². The van der Waals surface area contributed by atoms with E-state index in [2.05, 4.69) is 86.7 Å². The molecule has 2 aliphatic carbocycles. The van der Waals surface area contributed by atoms with Gasteiger partial charge in [0.2, 0.25) is 0 Å². The van der Waals surface area contributed by atoms with E-state index in [1.807, 2.05) is 0 Å². The third kappa shape index (κ3) is 5.23. The molecule has 0 saturated carbocycles. The van der Waals surface area contributed by atoms with Crippen molar-refractivity contribution < 1.29 is 23.2 Å². The Morgan fingerprint density at radius 2 is 1.38 bits per heavy atom. The van der Waals surface area contributed by atoms with Crippen LogP contribution in [0.2, 0.25) is 19.3 Å². The van der Waals surface area contributed by atoms with Crippen LogP contribution in [-0.4, -0.2) is 9.52 Å². The van der Waals surface area contributed by atoms with E-state index in [-0.39, 0.29) is 0 Å². The maximum absolute atomic E-state index is 2.56. The van der Waals surface area contributed by atoms with Crippen LogP contribution in [0.1, 0.15) is 86.5 Å². The molecular weight excluding hydrogens is 480 g/mol. The van der Waals surface area contributed by atoms with Gasteiger partial charge in [-0.2, -0.15) is 0 Å². The van der Waals surface area contributed by atoms with Gasteiger partial charge in [-0.1, -0.05) is 24.9 Å². The first-order valence-corrected chi connectivity index (χ1v) is 18.1. The molecule has 1 fully saturated rings. The Morgan fingerprint density at radius 1 is 0.812 bits per heavy atom. The molecule has 2 atom stereocenters. The van der Waals surface area contributed by atoms with Crippen molar-refractivity contribution in [3.05, 3.63) is 82.9 Å². The van der Waals surface area contributed by atoms with Crippen molar-refractivity contribution in [2.75, 3.05) is 0 Å². The van der Waals surface area contributed by atoms with E-state index in [4.69, 9.17) is 0 Å². The zero-order valence-corrected chi connectivity index (χ0v) is 24.0. The van der Waals surface area contributed by atoms with E-state index in [0.717, 1.165) is 0 Å². The van der Waals surface area contributed by atoms with Gasteiger partial charge >= 0.3 is 177 Å². The second-order valence-corrected chi connectivity index (χ2v) is 16.3. The molecular formula is C30H40SiZr. The molecule has 2 aromatic carbocycles. The van der Waals surface area contributed by atoms with Crippen molar-refractivity contribution in [1.82, 2.24) is 0 Å². The van der Waals surface area contributed by atoms with Gasteiger partial charge in [-0.15, -0.1) is 0 Å². The summed E-state index contributed by atoms with van der Waals surface area (Å²) in [6, 6.07) is 21.5. The van der Waals surface area contributed by atoms with E-state index in [0.29, 0.717) is 24.5 Å². The van der Waals surface area contributed by atoms with Gasteiger partial charge in [0.05, 0.1) is 0 Å². The number of fused-ring (bicyclic) bond motifs is 2. The fraction of sp³-hybridized carbons (Fsp3) is 0.467. The molecule has 0 bridgehead atoms. The van der Waals surface area contributed by atoms with Crippen molar-refractivity contribution in [3.63, 3.8) is 0 Å². The van der Waals surface area contributed by atoms with Crippen LogP contribution in [0.15, 0.2) is 60.7 Å². The van der Waals surface area contributed by atoms with E-state index in [1.54, 1.807) is 36.1 Å². The Kier molecular flexibility index (Phi) is 9.01. The molecule has 2 aromatic rings. The predicted molar refractivity (Wildman–Crippen MR) is 141 cm³/mol. The van der Waals surface area contributed by atoms with E-state index >= 15 is 0 Å². The van der Waals surface area contributed by atoms with Crippen LogP contribution in [-0.2, 0) is 23.2 Å². The average Bonchev–Trinajstić information content (AvgIpc) is 3.60. The maximum atomic E-state index is 2.56. The average molecular weight is 520 g/mol. The molecule has 32 heavy (non-hydrogen) atoms. The molecule has 0 spiro atoms. The topological polar surface area (TPSA) is 0 Å². The molecule has 0 radical (unpaired) electrons. The van der Waals surface area contributed by atoms with Crippen LogP contribution in [0.5, 0.6) is 0 Å². The third-order valence-corrected chi connectivity index (χ3v) is 14.9. The van der Waals surface area contributed by atoms with Crippen molar-refractivity contribution in [3.8, 4) is 0 Å². The van der Waals surface area contributed by atoms with Crippen LogP contribution < -0.4 is 0 Å². The fourth-order valence-corrected chi connectivity index (χ4v) is 13.6. The molecule has 2 heteroatoms. The van der Waals surface area contributed by atoms with E-state index < -0.39 is 23.2 Å². The second-order valence-electron chi connectivity index (χ2n) is 9.77. The van der Waals surface area contributed by atoms with Crippen LogP contribution in [0.4, 0.5) is 0 Å². The third-order valence-electron chi connectivity index (χ3n) is 7.61. The van der Waals surface area contributed by atoms with Gasteiger partial charge in [-0.05, 0) is 0 Å². The van der Waals surface area contributed by atoms with E-state index in [1.165, 1.54) is 40.9 Å². The van der Waals surface area contributed by atoms with Crippen molar-refractivity contribution >= 4 is 21.7 Å². The monoisotopic (exact) mass is 518 g/mol. The van der Waals surface area contributed by atoms with Gasteiger partial charge in [-0.25, -0.2) is 0 Å². The van der Waals surface area contributed by atoms with Crippen LogP contribution in [0.25, 0.3) is 12.2 Å².